The van der Waals surface area contributed by atoms with Crippen LogP contribution in [0.3, 0.4) is 0 Å². The van der Waals surface area contributed by atoms with Crippen LogP contribution >= 0.6 is 0 Å². The molecule has 1 aromatic carbocycles. The molecule has 0 aliphatic carbocycles. The highest BCUT2D eigenvalue weighted by molar-refractivity contribution is 5.23. The predicted molar refractivity (Wildman–Crippen MR) is 66.0 cm³/mol. The monoisotopic (exact) mass is 224 g/mol. The summed E-state index contributed by atoms with van der Waals surface area (Å²) in [5.74, 6) is -0.149. The van der Waals surface area contributed by atoms with Gasteiger partial charge in [0.1, 0.15) is 5.82 Å². The first-order valence-electron chi connectivity index (χ1n) is 5.90. The van der Waals surface area contributed by atoms with Crippen LogP contribution in [-0.4, -0.2) is 19.6 Å². The molecule has 0 saturated heterocycles. The molecule has 0 amide bonds. The minimum absolute atomic E-state index is 0.149. The number of rotatable bonds is 7. The fourth-order valence-corrected chi connectivity index (χ4v) is 1.66. The van der Waals surface area contributed by atoms with Crippen molar-refractivity contribution in [1.29, 1.82) is 0 Å². The molecular weight excluding hydrogens is 203 g/mol. The van der Waals surface area contributed by atoms with Crippen molar-refractivity contribution in [3.63, 3.8) is 0 Å². The molecule has 1 aromatic rings. The van der Waals surface area contributed by atoms with Crippen LogP contribution in [0, 0.1) is 12.7 Å². The summed E-state index contributed by atoms with van der Waals surface area (Å²) >= 11 is 0. The smallest absolute Gasteiger partial charge is 0.123 e. The van der Waals surface area contributed by atoms with Crippen molar-refractivity contribution in [1.82, 2.24) is 10.6 Å². The molecule has 0 aromatic heterocycles. The van der Waals surface area contributed by atoms with Crippen LogP contribution in [0.15, 0.2) is 18.2 Å². The molecule has 0 saturated carbocycles. The molecule has 0 spiro atoms. The zero-order valence-corrected chi connectivity index (χ0v) is 10.1. The summed E-state index contributed by atoms with van der Waals surface area (Å²) in [6, 6.07) is 5.15. The Morgan fingerprint density at radius 1 is 1.12 bits per heavy atom. The highest BCUT2D eigenvalue weighted by atomic mass is 19.1. The largest absolute Gasteiger partial charge is 0.317 e. The van der Waals surface area contributed by atoms with Crippen molar-refractivity contribution in [3.8, 4) is 0 Å². The minimum atomic E-state index is -0.149. The maximum Gasteiger partial charge on any atom is 0.123 e. The Balaban J connectivity index is 2.21. The first-order chi connectivity index (χ1) is 7.72. The number of hydrogen-bond acceptors (Lipinski definition) is 2. The van der Waals surface area contributed by atoms with Crippen LogP contribution in [0.2, 0.25) is 0 Å². The summed E-state index contributed by atoms with van der Waals surface area (Å²) in [6.45, 7) is 7.77. The molecule has 0 heterocycles. The third-order valence-corrected chi connectivity index (χ3v) is 2.39. The molecule has 1 rings (SSSR count). The molecule has 0 fully saturated rings. The minimum Gasteiger partial charge on any atom is -0.317 e. The predicted octanol–water partition coefficient (Wildman–Crippen LogP) is 2.22. The summed E-state index contributed by atoms with van der Waals surface area (Å²) in [4.78, 5) is 0. The van der Waals surface area contributed by atoms with E-state index in [0.717, 1.165) is 43.7 Å². The quantitative estimate of drug-likeness (QED) is 0.694. The van der Waals surface area contributed by atoms with Gasteiger partial charge in [0.25, 0.3) is 0 Å². The molecule has 90 valence electrons. The Hall–Kier alpha value is -0.930. The van der Waals surface area contributed by atoms with Gasteiger partial charge in [-0.15, -0.1) is 0 Å². The van der Waals surface area contributed by atoms with E-state index in [2.05, 4.69) is 17.6 Å². The van der Waals surface area contributed by atoms with Gasteiger partial charge in [-0.3, -0.25) is 0 Å². The van der Waals surface area contributed by atoms with Crippen molar-refractivity contribution < 1.29 is 4.39 Å². The Labute approximate surface area is 97.3 Å². The van der Waals surface area contributed by atoms with E-state index < -0.39 is 0 Å². The molecule has 2 N–H and O–H groups in total. The molecule has 0 aliphatic heterocycles. The molecule has 0 aliphatic rings. The SMILES string of the molecule is CCNCCCNCc1cc(C)cc(F)c1. The summed E-state index contributed by atoms with van der Waals surface area (Å²) in [6.07, 6.45) is 1.10. The van der Waals surface area contributed by atoms with Crippen LogP contribution < -0.4 is 10.6 Å². The summed E-state index contributed by atoms with van der Waals surface area (Å²) in [5.41, 5.74) is 1.99. The lowest BCUT2D eigenvalue weighted by Gasteiger charge is -2.06. The average Bonchev–Trinajstić information content (AvgIpc) is 2.22. The van der Waals surface area contributed by atoms with Gasteiger partial charge in [-0.1, -0.05) is 13.0 Å². The van der Waals surface area contributed by atoms with E-state index in [-0.39, 0.29) is 5.82 Å². The lowest BCUT2D eigenvalue weighted by Crippen LogP contribution is -2.21. The van der Waals surface area contributed by atoms with Crippen LogP contribution in [-0.2, 0) is 6.54 Å². The highest BCUT2D eigenvalue weighted by Crippen LogP contribution is 2.07. The zero-order chi connectivity index (χ0) is 11.8. The fourth-order valence-electron chi connectivity index (χ4n) is 1.66. The van der Waals surface area contributed by atoms with Crippen LogP contribution in [0.25, 0.3) is 0 Å². The summed E-state index contributed by atoms with van der Waals surface area (Å²) in [7, 11) is 0. The summed E-state index contributed by atoms with van der Waals surface area (Å²) in [5, 5.41) is 6.57. The van der Waals surface area contributed by atoms with Gasteiger partial charge < -0.3 is 10.6 Å². The van der Waals surface area contributed by atoms with E-state index >= 15 is 0 Å². The number of aryl methyl sites for hydroxylation is 1. The second-order valence-electron chi connectivity index (χ2n) is 4.02. The zero-order valence-electron chi connectivity index (χ0n) is 10.1. The average molecular weight is 224 g/mol. The van der Waals surface area contributed by atoms with E-state index in [0.29, 0.717) is 0 Å². The highest BCUT2D eigenvalue weighted by Gasteiger charge is 1.97. The van der Waals surface area contributed by atoms with E-state index in [1.54, 1.807) is 12.1 Å². The number of hydrogen-bond donors (Lipinski definition) is 2. The summed E-state index contributed by atoms with van der Waals surface area (Å²) < 4.78 is 13.1. The number of nitrogens with one attached hydrogen (secondary N) is 2. The molecule has 0 bridgehead atoms. The fraction of sp³-hybridized carbons (Fsp3) is 0.538. The standard InChI is InChI=1S/C13H21FN2/c1-3-15-5-4-6-16-10-12-7-11(2)8-13(14)9-12/h7-9,15-16H,3-6,10H2,1-2H3. The lowest BCUT2D eigenvalue weighted by molar-refractivity contribution is 0.598. The van der Waals surface area contributed by atoms with Crippen LogP contribution in [0.1, 0.15) is 24.5 Å². The van der Waals surface area contributed by atoms with E-state index in [9.17, 15) is 4.39 Å². The van der Waals surface area contributed by atoms with Crippen LogP contribution in [0.5, 0.6) is 0 Å². The Bertz CT molecular complexity index is 293. The van der Waals surface area contributed by atoms with Gasteiger partial charge in [-0.2, -0.15) is 0 Å². The molecule has 0 unspecified atom stereocenters. The molecule has 16 heavy (non-hydrogen) atoms. The topological polar surface area (TPSA) is 24.1 Å². The maximum atomic E-state index is 13.1. The molecule has 0 radical (unpaired) electrons. The Morgan fingerprint density at radius 3 is 2.56 bits per heavy atom. The van der Waals surface area contributed by atoms with Gasteiger partial charge in [-0.25, -0.2) is 4.39 Å². The Morgan fingerprint density at radius 2 is 1.88 bits per heavy atom. The van der Waals surface area contributed by atoms with Crippen molar-refractivity contribution in [2.75, 3.05) is 19.6 Å². The van der Waals surface area contributed by atoms with Gasteiger partial charge >= 0.3 is 0 Å². The third kappa shape index (κ3) is 5.24. The van der Waals surface area contributed by atoms with Crippen LogP contribution in [0.4, 0.5) is 4.39 Å². The normalized spacial score (nSPS) is 10.7. The van der Waals surface area contributed by atoms with E-state index in [1.807, 2.05) is 13.0 Å². The first kappa shape index (κ1) is 13.1. The van der Waals surface area contributed by atoms with Crippen molar-refractivity contribution >= 4 is 0 Å². The Kier molecular flexibility index (Phi) is 6.04. The van der Waals surface area contributed by atoms with E-state index in [1.165, 1.54) is 0 Å². The second kappa shape index (κ2) is 7.36. The number of benzene rings is 1. The molecule has 3 heteroatoms. The second-order valence-corrected chi connectivity index (χ2v) is 4.02. The van der Waals surface area contributed by atoms with Gasteiger partial charge in [0.05, 0.1) is 0 Å². The van der Waals surface area contributed by atoms with Crippen molar-refractivity contribution in [3.05, 3.63) is 35.1 Å². The molecule has 2 nitrogen and oxygen atoms in total. The van der Waals surface area contributed by atoms with Crippen molar-refractivity contribution in [2.45, 2.75) is 26.8 Å². The van der Waals surface area contributed by atoms with Crippen molar-refractivity contribution in [2.24, 2.45) is 0 Å². The van der Waals surface area contributed by atoms with Gasteiger partial charge in [-0.05, 0) is 56.2 Å². The maximum absolute atomic E-state index is 13.1. The molecule has 0 atom stereocenters. The third-order valence-electron chi connectivity index (χ3n) is 2.39. The van der Waals surface area contributed by atoms with Gasteiger partial charge in [0, 0.05) is 6.54 Å². The van der Waals surface area contributed by atoms with Gasteiger partial charge in [0.15, 0.2) is 0 Å². The van der Waals surface area contributed by atoms with Gasteiger partial charge in [0.2, 0.25) is 0 Å². The van der Waals surface area contributed by atoms with E-state index in [4.69, 9.17) is 0 Å². The number of halogens is 1. The lowest BCUT2D eigenvalue weighted by atomic mass is 10.1. The first-order valence-corrected chi connectivity index (χ1v) is 5.90. The molecular formula is C13H21FN2.